The van der Waals surface area contributed by atoms with Gasteiger partial charge in [0.1, 0.15) is 0 Å². The summed E-state index contributed by atoms with van der Waals surface area (Å²) < 4.78 is 0. The number of ketones is 1. The second-order valence-electron chi connectivity index (χ2n) is 5.24. The number of rotatable bonds is 2. The summed E-state index contributed by atoms with van der Waals surface area (Å²) in [5, 5.41) is 10.3. The molecule has 0 spiro atoms. The lowest BCUT2D eigenvalue weighted by molar-refractivity contribution is -0.129. The summed E-state index contributed by atoms with van der Waals surface area (Å²) in [6.45, 7) is 5.30. The van der Waals surface area contributed by atoms with E-state index in [2.05, 4.69) is 0 Å². The summed E-state index contributed by atoms with van der Waals surface area (Å²) in [5.74, 6) is -0.233. The lowest BCUT2D eigenvalue weighted by Gasteiger charge is -2.37. The minimum atomic E-state index is -0.990. The predicted octanol–water partition coefficient (Wildman–Crippen LogP) is 1.14. The van der Waals surface area contributed by atoms with E-state index in [0.717, 1.165) is 0 Å². The molecule has 1 aliphatic rings. The third-order valence-corrected chi connectivity index (χ3v) is 3.83. The Kier molecular flexibility index (Phi) is 3.77. The molecule has 0 aliphatic heterocycles. The van der Waals surface area contributed by atoms with Gasteiger partial charge in [0.05, 0.1) is 12.0 Å². The lowest BCUT2D eigenvalue weighted by atomic mass is 9.72. The zero-order valence-electron chi connectivity index (χ0n) is 11.2. The topological polar surface area (TPSA) is 57.6 Å². The molecule has 1 unspecified atom stereocenters. The minimum Gasteiger partial charge on any atom is -0.385 e. The molecule has 1 rings (SSSR count). The summed E-state index contributed by atoms with van der Waals surface area (Å²) in [4.78, 5) is 25.0. The predicted molar refractivity (Wildman–Crippen MR) is 65.4 cm³/mol. The average Bonchev–Trinajstić information content (AvgIpc) is 2.22. The van der Waals surface area contributed by atoms with Gasteiger partial charge in [-0.2, -0.15) is 0 Å². The van der Waals surface area contributed by atoms with Crippen LogP contribution in [0.5, 0.6) is 0 Å². The number of nitrogens with zero attached hydrogens (tertiary/aromatic N) is 1. The van der Waals surface area contributed by atoms with Crippen molar-refractivity contribution in [3.8, 4) is 0 Å². The van der Waals surface area contributed by atoms with E-state index in [1.807, 2.05) is 6.92 Å². The van der Waals surface area contributed by atoms with Crippen LogP contribution in [0.1, 0.15) is 33.6 Å². The van der Waals surface area contributed by atoms with Gasteiger partial charge in [0.25, 0.3) is 0 Å². The van der Waals surface area contributed by atoms with Crippen LogP contribution in [0.2, 0.25) is 0 Å². The maximum absolute atomic E-state index is 11.9. The molecule has 1 amide bonds. The maximum atomic E-state index is 11.9. The smallest absolute Gasteiger partial charge is 0.226 e. The van der Waals surface area contributed by atoms with Gasteiger partial charge in [0.2, 0.25) is 5.91 Å². The molecule has 1 aliphatic carbocycles. The summed E-state index contributed by atoms with van der Waals surface area (Å²) >= 11 is 0. The Bertz CT molecular complexity index is 380. The van der Waals surface area contributed by atoms with E-state index >= 15 is 0 Å². The highest BCUT2D eigenvalue weighted by Crippen LogP contribution is 2.37. The van der Waals surface area contributed by atoms with Crippen LogP contribution < -0.4 is 0 Å². The van der Waals surface area contributed by atoms with Crippen molar-refractivity contribution in [2.75, 3.05) is 14.1 Å². The summed E-state index contributed by atoms with van der Waals surface area (Å²) in [6, 6.07) is 0. The molecule has 4 heteroatoms. The second kappa shape index (κ2) is 4.61. The fourth-order valence-corrected chi connectivity index (χ4v) is 2.02. The van der Waals surface area contributed by atoms with E-state index in [0.29, 0.717) is 17.6 Å². The fraction of sp³-hybridized carbons (Fsp3) is 0.692. The Labute approximate surface area is 102 Å². The van der Waals surface area contributed by atoms with E-state index < -0.39 is 5.60 Å². The fourth-order valence-electron chi connectivity index (χ4n) is 2.02. The normalized spacial score (nSPS) is 29.5. The largest absolute Gasteiger partial charge is 0.385 e. The van der Waals surface area contributed by atoms with E-state index in [-0.39, 0.29) is 24.0 Å². The highest BCUT2D eigenvalue weighted by molar-refractivity contribution is 6.02. The molecule has 2 atom stereocenters. The standard InChI is InChI=1S/C13H21NO3/c1-8-6-11(15)10(7-12(16)14(4)5)9(2)13(8,3)17/h8,17H,6-7H2,1-5H3/t8?,13-/m0/s1. The van der Waals surface area contributed by atoms with Crippen LogP contribution >= 0.6 is 0 Å². The van der Waals surface area contributed by atoms with Crippen molar-refractivity contribution in [1.29, 1.82) is 0 Å². The monoisotopic (exact) mass is 239 g/mol. The lowest BCUT2D eigenvalue weighted by Crippen LogP contribution is -2.41. The van der Waals surface area contributed by atoms with Gasteiger partial charge < -0.3 is 10.0 Å². The Morgan fingerprint density at radius 2 is 2.06 bits per heavy atom. The first kappa shape index (κ1) is 13.9. The van der Waals surface area contributed by atoms with Crippen LogP contribution in [0, 0.1) is 5.92 Å². The van der Waals surface area contributed by atoms with Crippen molar-refractivity contribution in [2.45, 2.75) is 39.2 Å². The molecule has 17 heavy (non-hydrogen) atoms. The third kappa shape index (κ3) is 2.57. The molecule has 0 saturated carbocycles. The molecule has 0 heterocycles. The van der Waals surface area contributed by atoms with Crippen molar-refractivity contribution in [3.05, 3.63) is 11.1 Å². The van der Waals surface area contributed by atoms with Crippen molar-refractivity contribution >= 4 is 11.7 Å². The first-order chi connectivity index (χ1) is 7.67. The number of hydrogen-bond acceptors (Lipinski definition) is 3. The molecule has 0 aromatic heterocycles. The highest BCUT2D eigenvalue weighted by Gasteiger charge is 2.39. The van der Waals surface area contributed by atoms with Crippen LogP contribution in [0.3, 0.4) is 0 Å². The van der Waals surface area contributed by atoms with Crippen LogP contribution in [0.15, 0.2) is 11.1 Å². The number of hydrogen-bond donors (Lipinski definition) is 1. The second-order valence-corrected chi connectivity index (χ2v) is 5.24. The average molecular weight is 239 g/mol. The highest BCUT2D eigenvalue weighted by atomic mass is 16.3. The zero-order valence-corrected chi connectivity index (χ0v) is 11.2. The van der Waals surface area contributed by atoms with Crippen molar-refractivity contribution in [3.63, 3.8) is 0 Å². The van der Waals surface area contributed by atoms with Gasteiger partial charge in [-0.3, -0.25) is 9.59 Å². The molecule has 0 fully saturated rings. The molecule has 0 aromatic rings. The molecular weight excluding hydrogens is 218 g/mol. The van der Waals surface area contributed by atoms with Gasteiger partial charge in [0, 0.05) is 26.1 Å². The van der Waals surface area contributed by atoms with Crippen molar-refractivity contribution in [2.24, 2.45) is 5.92 Å². The van der Waals surface area contributed by atoms with Crippen molar-refractivity contribution < 1.29 is 14.7 Å². The number of amides is 1. The summed E-state index contributed by atoms with van der Waals surface area (Å²) in [7, 11) is 3.32. The van der Waals surface area contributed by atoms with E-state index in [4.69, 9.17) is 0 Å². The Morgan fingerprint density at radius 3 is 2.53 bits per heavy atom. The quantitative estimate of drug-likeness (QED) is 0.786. The van der Waals surface area contributed by atoms with Crippen LogP contribution in [0.4, 0.5) is 0 Å². The number of carbonyl (C=O) groups excluding carboxylic acids is 2. The van der Waals surface area contributed by atoms with Gasteiger partial charge in [0.15, 0.2) is 5.78 Å². The van der Waals surface area contributed by atoms with Gasteiger partial charge in [-0.15, -0.1) is 0 Å². The van der Waals surface area contributed by atoms with Crippen LogP contribution in [-0.2, 0) is 9.59 Å². The Balaban J connectivity index is 3.07. The number of carbonyl (C=O) groups is 2. The number of Topliss-reactive ketones (excluding diaryl/α,β-unsaturated/α-hetero) is 1. The molecule has 4 nitrogen and oxygen atoms in total. The van der Waals surface area contributed by atoms with Gasteiger partial charge >= 0.3 is 0 Å². The van der Waals surface area contributed by atoms with E-state index in [1.54, 1.807) is 27.9 Å². The first-order valence-corrected chi connectivity index (χ1v) is 5.83. The zero-order chi connectivity index (χ0) is 13.4. The summed E-state index contributed by atoms with van der Waals surface area (Å²) in [5.41, 5.74) is 0.124. The van der Waals surface area contributed by atoms with Gasteiger partial charge in [-0.05, 0) is 25.3 Å². The third-order valence-electron chi connectivity index (χ3n) is 3.83. The molecule has 0 saturated heterocycles. The molecule has 96 valence electrons. The first-order valence-electron chi connectivity index (χ1n) is 5.83. The Hall–Kier alpha value is -1.16. The van der Waals surface area contributed by atoms with Crippen LogP contribution in [-0.4, -0.2) is 41.4 Å². The SMILES string of the molecule is CC1=C(CC(=O)N(C)C)C(=O)CC(C)[C@]1(C)O. The van der Waals surface area contributed by atoms with E-state index in [1.165, 1.54) is 4.90 Å². The minimum absolute atomic E-state index is 0.0169. The van der Waals surface area contributed by atoms with Gasteiger partial charge in [-0.25, -0.2) is 0 Å². The maximum Gasteiger partial charge on any atom is 0.226 e. The number of aliphatic hydroxyl groups is 1. The summed E-state index contributed by atoms with van der Waals surface area (Å²) in [6.07, 6.45) is 0.390. The van der Waals surface area contributed by atoms with Gasteiger partial charge in [-0.1, -0.05) is 6.92 Å². The molecule has 0 radical (unpaired) electrons. The molecular formula is C13H21NO3. The van der Waals surface area contributed by atoms with Crippen molar-refractivity contribution in [1.82, 2.24) is 4.90 Å². The molecule has 0 aromatic carbocycles. The van der Waals surface area contributed by atoms with E-state index in [9.17, 15) is 14.7 Å². The Morgan fingerprint density at radius 1 is 1.53 bits per heavy atom. The van der Waals surface area contributed by atoms with Crippen LogP contribution in [0.25, 0.3) is 0 Å². The molecule has 1 N–H and O–H groups in total. The molecule has 0 bridgehead atoms.